The maximum Gasteiger partial charge on any atom is 0.273 e. The topological polar surface area (TPSA) is 70.7 Å². The smallest absolute Gasteiger partial charge is 0.273 e. The van der Waals surface area contributed by atoms with Crippen molar-refractivity contribution in [3.8, 4) is 22.3 Å². The molecule has 32 heavy (non-hydrogen) atoms. The highest BCUT2D eigenvalue weighted by Gasteiger charge is 2.27. The number of amides is 1. The zero-order valence-corrected chi connectivity index (χ0v) is 19.9. The quantitative estimate of drug-likeness (QED) is 0.451. The fraction of sp³-hybridized carbons (Fsp3) is 0.208. The molecule has 2 aromatic heterocycles. The lowest BCUT2D eigenvalue weighted by Crippen LogP contribution is -2.34. The van der Waals surface area contributed by atoms with Crippen LogP contribution >= 0.6 is 34.5 Å². The van der Waals surface area contributed by atoms with Gasteiger partial charge in [0.1, 0.15) is 17.3 Å². The van der Waals surface area contributed by atoms with Gasteiger partial charge in [-0.1, -0.05) is 47.5 Å². The van der Waals surface area contributed by atoms with Crippen LogP contribution in [0.2, 0.25) is 9.36 Å². The second-order valence-electron chi connectivity index (χ2n) is 7.53. The van der Waals surface area contributed by atoms with Gasteiger partial charge in [-0.05, 0) is 62.1 Å². The van der Waals surface area contributed by atoms with Gasteiger partial charge in [-0.3, -0.25) is 4.79 Å². The molecule has 8 heteroatoms. The second kappa shape index (κ2) is 9.33. The normalized spacial score (nSPS) is 14.0. The Kier molecular flexibility index (Phi) is 6.52. The molecule has 0 bridgehead atoms. The van der Waals surface area contributed by atoms with Gasteiger partial charge in [-0.15, -0.1) is 11.3 Å². The number of carbonyl (C=O) groups is 1. The molecule has 1 aliphatic carbocycles. The molecule has 162 valence electrons. The van der Waals surface area contributed by atoms with Crippen LogP contribution in [0.15, 0.2) is 54.1 Å². The molecule has 3 aromatic rings. The summed E-state index contributed by atoms with van der Waals surface area (Å²) in [7, 11) is 0. The Hall–Kier alpha value is -2.85. The molecule has 4 rings (SSSR count). The molecule has 0 saturated heterocycles. The number of aryl methyl sites for hydroxylation is 1. The van der Waals surface area contributed by atoms with E-state index in [1.165, 1.54) is 11.3 Å². The average Bonchev–Trinajstić information content (AvgIpc) is 3.37. The van der Waals surface area contributed by atoms with Crippen LogP contribution in [0.5, 0.6) is 0 Å². The number of benzene rings is 1. The highest BCUT2D eigenvalue weighted by Crippen LogP contribution is 2.37. The fourth-order valence-corrected chi connectivity index (χ4v) is 5.01. The number of aromatic nitrogens is 2. The summed E-state index contributed by atoms with van der Waals surface area (Å²) < 4.78 is 2.13. The first-order valence-corrected chi connectivity index (χ1v) is 11.7. The SMILES string of the molecule is Cc1ccc(-n2nc(C(=O)N[C@@H](C)C3=CCCC=C3)c(C#N)c2-c2ccc(Cl)s2)c(Cl)c1. The number of allylic oxidation sites excluding steroid dienone is 2. The van der Waals surface area contributed by atoms with Gasteiger partial charge in [-0.25, -0.2) is 4.68 Å². The molecule has 0 fully saturated rings. The molecule has 0 radical (unpaired) electrons. The molecule has 1 N–H and O–H groups in total. The van der Waals surface area contributed by atoms with Crippen LogP contribution < -0.4 is 5.32 Å². The summed E-state index contributed by atoms with van der Waals surface area (Å²) in [6.45, 7) is 3.85. The molecule has 1 aromatic carbocycles. The van der Waals surface area contributed by atoms with Gasteiger partial charge in [0.2, 0.25) is 0 Å². The van der Waals surface area contributed by atoms with Gasteiger partial charge in [-0.2, -0.15) is 10.4 Å². The summed E-state index contributed by atoms with van der Waals surface area (Å²) in [4.78, 5) is 13.9. The van der Waals surface area contributed by atoms with Crippen LogP contribution in [0, 0.1) is 18.3 Å². The number of nitrogens with one attached hydrogen (secondary N) is 1. The number of nitrogens with zero attached hydrogens (tertiary/aromatic N) is 3. The van der Waals surface area contributed by atoms with E-state index in [1.807, 2.05) is 44.2 Å². The summed E-state index contributed by atoms with van der Waals surface area (Å²) in [6, 6.07) is 11.1. The minimum absolute atomic E-state index is 0.0518. The summed E-state index contributed by atoms with van der Waals surface area (Å²) in [6.07, 6.45) is 8.16. The predicted molar refractivity (Wildman–Crippen MR) is 130 cm³/mol. The zero-order valence-electron chi connectivity index (χ0n) is 17.5. The van der Waals surface area contributed by atoms with E-state index < -0.39 is 5.91 Å². The van der Waals surface area contributed by atoms with E-state index in [0.717, 1.165) is 28.9 Å². The average molecular weight is 483 g/mol. The molecule has 0 unspecified atom stereocenters. The van der Waals surface area contributed by atoms with Crippen molar-refractivity contribution >= 4 is 40.4 Å². The van der Waals surface area contributed by atoms with E-state index >= 15 is 0 Å². The van der Waals surface area contributed by atoms with Gasteiger partial charge < -0.3 is 5.32 Å². The Labute approximate surface area is 200 Å². The Morgan fingerprint density at radius 3 is 2.72 bits per heavy atom. The number of hydrogen-bond donors (Lipinski definition) is 1. The highest BCUT2D eigenvalue weighted by atomic mass is 35.5. The van der Waals surface area contributed by atoms with Crippen molar-refractivity contribution in [2.45, 2.75) is 32.7 Å². The molecule has 0 aliphatic heterocycles. The van der Waals surface area contributed by atoms with E-state index in [-0.39, 0.29) is 17.3 Å². The lowest BCUT2D eigenvalue weighted by molar-refractivity contribution is 0.0940. The number of hydrogen-bond acceptors (Lipinski definition) is 4. The summed E-state index contributed by atoms with van der Waals surface area (Å²) >= 11 is 14.0. The highest BCUT2D eigenvalue weighted by molar-refractivity contribution is 7.19. The standard InChI is InChI=1S/C24H20Cl2N4OS/c1-14-8-9-19(18(25)12-14)30-23(20-10-11-21(26)32-20)17(13-27)22(29-30)24(31)28-15(2)16-6-4-3-5-7-16/h4,6-12,15H,3,5H2,1-2H3,(H,28,31)/t15-/m0/s1. The Bertz CT molecular complexity index is 1300. The first-order valence-electron chi connectivity index (χ1n) is 10.1. The monoisotopic (exact) mass is 482 g/mol. The molecular weight excluding hydrogens is 463 g/mol. The van der Waals surface area contributed by atoms with Crippen molar-refractivity contribution in [1.82, 2.24) is 15.1 Å². The minimum Gasteiger partial charge on any atom is -0.344 e. The molecule has 2 heterocycles. The number of carbonyl (C=O) groups excluding carboxylic acids is 1. The second-order valence-corrected chi connectivity index (χ2v) is 9.66. The Morgan fingerprint density at radius 2 is 2.09 bits per heavy atom. The molecular formula is C24H20Cl2N4OS. The summed E-state index contributed by atoms with van der Waals surface area (Å²) in [5, 5.41) is 18.0. The predicted octanol–water partition coefficient (Wildman–Crippen LogP) is 6.48. The molecule has 5 nitrogen and oxygen atoms in total. The minimum atomic E-state index is -0.417. The number of thiophene rings is 1. The van der Waals surface area contributed by atoms with Crippen molar-refractivity contribution in [3.63, 3.8) is 0 Å². The number of rotatable bonds is 5. The van der Waals surface area contributed by atoms with Gasteiger partial charge in [0.15, 0.2) is 5.69 Å². The van der Waals surface area contributed by atoms with Crippen molar-refractivity contribution < 1.29 is 4.79 Å². The first-order chi connectivity index (χ1) is 15.4. The first kappa shape index (κ1) is 22.3. The largest absolute Gasteiger partial charge is 0.344 e. The van der Waals surface area contributed by atoms with Gasteiger partial charge in [0.25, 0.3) is 5.91 Å². The lowest BCUT2D eigenvalue weighted by atomic mass is 10.0. The van der Waals surface area contributed by atoms with Crippen molar-refractivity contribution in [2.75, 3.05) is 0 Å². The Morgan fingerprint density at radius 1 is 1.28 bits per heavy atom. The van der Waals surface area contributed by atoms with Crippen molar-refractivity contribution in [1.29, 1.82) is 5.26 Å². The molecule has 1 aliphatic rings. The molecule has 1 amide bonds. The lowest BCUT2D eigenvalue weighted by Gasteiger charge is -2.16. The number of nitriles is 1. The maximum atomic E-state index is 13.2. The van der Waals surface area contributed by atoms with Gasteiger partial charge >= 0.3 is 0 Å². The van der Waals surface area contributed by atoms with Crippen LogP contribution in [0.1, 0.15) is 41.4 Å². The van der Waals surface area contributed by atoms with Crippen LogP contribution in [-0.2, 0) is 0 Å². The van der Waals surface area contributed by atoms with E-state index in [9.17, 15) is 10.1 Å². The zero-order chi connectivity index (χ0) is 22.8. The third-order valence-corrected chi connectivity index (χ3v) is 6.76. The van der Waals surface area contributed by atoms with Crippen molar-refractivity contribution in [3.05, 3.63) is 80.3 Å². The molecule has 1 atom stereocenters. The van der Waals surface area contributed by atoms with Crippen LogP contribution in [0.4, 0.5) is 0 Å². The molecule has 0 spiro atoms. The van der Waals surface area contributed by atoms with E-state index in [0.29, 0.717) is 20.7 Å². The number of halogens is 2. The van der Waals surface area contributed by atoms with Gasteiger partial charge in [0, 0.05) is 0 Å². The van der Waals surface area contributed by atoms with Crippen molar-refractivity contribution in [2.24, 2.45) is 0 Å². The Balaban J connectivity index is 1.82. The third kappa shape index (κ3) is 4.37. The van der Waals surface area contributed by atoms with Crippen LogP contribution in [0.3, 0.4) is 0 Å². The maximum absolute atomic E-state index is 13.2. The summed E-state index contributed by atoms with van der Waals surface area (Å²) in [5.74, 6) is -0.417. The summed E-state index contributed by atoms with van der Waals surface area (Å²) in [5.41, 5.74) is 3.33. The van der Waals surface area contributed by atoms with E-state index in [4.69, 9.17) is 23.2 Å². The fourth-order valence-electron chi connectivity index (χ4n) is 3.61. The van der Waals surface area contributed by atoms with Crippen LogP contribution in [0.25, 0.3) is 16.3 Å². The van der Waals surface area contributed by atoms with E-state index in [1.54, 1.807) is 10.7 Å². The third-order valence-electron chi connectivity index (χ3n) is 5.22. The van der Waals surface area contributed by atoms with E-state index in [2.05, 4.69) is 28.6 Å². The van der Waals surface area contributed by atoms with Gasteiger partial charge in [0.05, 0.1) is 26.0 Å². The van der Waals surface area contributed by atoms with Crippen LogP contribution in [-0.4, -0.2) is 21.7 Å². The molecule has 0 saturated carbocycles.